The molecule has 2 nitrogen and oxygen atoms in total. The van der Waals surface area contributed by atoms with Crippen LogP contribution in [0.15, 0.2) is 205 Å². The third kappa shape index (κ3) is 5.53. The number of rotatable bonds is 7. The van der Waals surface area contributed by atoms with Gasteiger partial charge in [-0.15, -0.1) is 0 Å². The molecular formula is C48H33NO. The van der Waals surface area contributed by atoms with Crippen molar-refractivity contribution in [3.8, 4) is 44.5 Å². The summed E-state index contributed by atoms with van der Waals surface area (Å²) in [5.41, 5.74) is 14.5. The Morgan fingerprint density at radius 3 is 1.22 bits per heavy atom. The predicted octanol–water partition coefficient (Wildman–Crippen LogP) is 13.7. The molecule has 0 N–H and O–H groups in total. The third-order valence-electron chi connectivity index (χ3n) is 9.51. The molecule has 0 aliphatic carbocycles. The fourth-order valence-electron chi connectivity index (χ4n) is 6.94. The maximum absolute atomic E-state index is 6.44. The first kappa shape index (κ1) is 29.5. The lowest BCUT2D eigenvalue weighted by atomic mass is 10.00. The molecule has 0 aliphatic heterocycles. The Morgan fingerprint density at radius 1 is 0.300 bits per heavy atom. The van der Waals surface area contributed by atoms with Gasteiger partial charge < -0.3 is 9.32 Å². The van der Waals surface area contributed by atoms with Crippen LogP contribution in [0.4, 0.5) is 17.1 Å². The second-order valence-corrected chi connectivity index (χ2v) is 12.6. The summed E-state index contributed by atoms with van der Waals surface area (Å²) >= 11 is 0. The van der Waals surface area contributed by atoms with E-state index in [1.54, 1.807) is 0 Å². The van der Waals surface area contributed by atoms with Gasteiger partial charge in [-0.2, -0.15) is 0 Å². The summed E-state index contributed by atoms with van der Waals surface area (Å²) in [6.07, 6.45) is 0. The number of benzene rings is 8. The van der Waals surface area contributed by atoms with Gasteiger partial charge >= 0.3 is 0 Å². The molecule has 9 rings (SSSR count). The van der Waals surface area contributed by atoms with Crippen LogP contribution in [-0.4, -0.2) is 0 Å². The molecule has 0 radical (unpaired) electrons. The van der Waals surface area contributed by atoms with E-state index in [4.69, 9.17) is 4.42 Å². The second kappa shape index (κ2) is 12.8. The first-order valence-electron chi connectivity index (χ1n) is 17.0. The Hall–Kier alpha value is -6.64. The van der Waals surface area contributed by atoms with Gasteiger partial charge in [0.05, 0.1) is 0 Å². The van der Waals surface area contributed by atoms with Crippen LogP contribution in [0.3, 0.4) is 0 Å². The van der Waals surface area contributed by atoms with Crippen LogP contribution in [0, 0.1) is 0 Å². The fraction of sp³-hybridized carbons (Fsp3) is 0. The number of furan rings is 1. The topological polar surface area (TPSA) is 16.4 Å². The minimum absolute atomic E-state index is 0.896. The normalized spacial score (nSPS) is 11.2. The van der Waals surface area contributed by atoms with Crippen LogP contribution >= 0.6 is 0 Å². The number of fused-ring (bicyclic) bond motifs is 3. The van der Waals surface area contributed by atoms with Gasteiger partial charge in [-0.25, -0.2) is 0 Å². The zero-order valence-corrected chi connectivity index (χ0v) is 27.4. The summed E-state index contributed by atoms with van der Waals surface area (Å²) in [4.78, 5) is 2.32. The maximum Gasteiger partial charge on any atom is 0.143 e. The van der Waals surface area contributed by atoms with Crippen LogP contribution in [0.2, 0.25) is 0 Å². The summed E-state index contributed by atoms with van der Waals surface area (Å²) in [5, 5.41) is 2.25. The van der Waals surface area contributed by atoms with Crippen LogP contribution < -0.4 is 4.90 Å². The molecule has 0 amide bonds. The highest BCUT2D eigenvalue weighted by Gasteiger charge is 2.16. The molecule has 0 saturated carbocycles. The van der Waals surface area contributed by atoms with Crippen molar-refractivity contribution in [3.63, 3.8) is 0 Å². The van der Waals surface area contributed by atoms with E-state index in [0.29, 0.717) is 0 Å². The zero-order chi connectivity index (χ0) is 33.3. The van der Waals surface area contributed by atoms with Crippen molar-refractivity contribution in [2.75, 3.05) is 4.90 Å². The largest absolute Gasteiger partial charge is 0.455 e. The Labute approximate surface area is 292 Å². The summed E-state index contributed by atoms with van der Waals surface area (Å²) in [7, 11) is 0. The minimum Gasteiger partial charge on any atom is -0.455 e. The number of nitrogens with zero attached hydrogens (tertiary/aromatic N) is 1. The smallest absolute Gasteiger partial charge is 0.143 e. The first-order chi connectivity index (χ1) is 24.8. The second-order valence-electron chi connectivity index (χ2n) is 12.6. The highest BCUT2D eigenvalue weighted by Crippen LogP contribution is 2.40. The summed E-state index contributed by atoms with van der Waals surface area (Å²) in [6.45, 7) is 0. The predicted molar refractivity (Wildman–Crippen MR) is 210 cm³/mol. The van der Waals surface area contributed by atoms with Crippen LogP contribution in [0.5, 0.6) is 0 Å². The van der Waals surface area contributed by atoms with Crippen LogP contribution in [0.1, 0.15) is 0 Å². The highest BCUT2D eigenvalue weighted by molar-refractivity contribution is 6.10. The molecule has 8 aromatic carbocycles. The molecule has 236 valence electrons. The van der Waals surface area contributed by atoms with Crippen molar-refractivity contribution in [1.82, 2.24) is 0 Å². The van der Waals surface area contributed by atoms with E-state index >= 15 is 0 Å². The van der Waals surface area contributed by atoms with Gasteiger partial charge in [0.2, 0.25) is 0 Å². The van der Waals surface area contributed by atoms with E-state index in [0.717, 1.165) is 61.3 Å². The lowest BCUT2D eigenvalue weighted by molar-refractivity contribution is 0.670. The van der Waals surface area contributed by atoms with E-state index in [1.165, 1.54) is 22.3 Å². The molecule has 0 spiro atoms. The maximum atomic E-state index is 6.44. The quantitative estimate of drug-likeness (QED) is 0.173. The highest BCUT2D eigenvalue weighted by atomic mass is 16.3. The molecule has 1 aromatic heterocycles. The lowest BCUT2D eigenvalue weighted by Gasteiger charge is -2.26. The molecule has 0 aliphatic rings. The molecule has 1 heterocycles. The van der Waals surface area contributed by atoms with Gasteiger partial charge in [0.1, 0.15) is 11.2 Å². The summed E-state index contributed by atoms with van der Waals surface area (Å²) in [6, 6.07) is 71.0. The molecule has 0 fully saturated rings. The SMILES string of the molecule is c1ccc(-c2ccc(N(c3ccc(-c4ccccc4)cc3)c3ccc(-c4ccc5oc6c(-c7ccccc7)cccc6c5c4)cc3)cc2)cc1. The van der Waals surface area contributed by atoms with Crippen molar-refractivity contribution in [1.29, 1.82) is 0 Å². The average molecular weight is 640 g/mol. The van der Waals surface area contributed by atoms with Gasteiger partial charge in [0.25, 0.3) is 0 Å². The van der Waals surface area contributed by atoms with Crippen molar-refractivity contribution >= 4 is 39.0 Å². The van der Waals surface area contributed by atoms with Crippen molar-refractivity contribution in [2.24, 2.45) is 0 Å². The molecule has 0 bridgehead atoms. The van der Waals surface area contributed by atoms with E-state index in [-0.39, 0.29) is 0 Å². The number of hydrogen-bond donors (Lipinski definition) is 0. The van der Waals surface area contributed by atoms with E-state index in [2.05, 4.69) is 199 Å². The van der Waals surface area contributed by atoms with Gasteiger partial charge in [-0.1, -0.05) is 152 Å². The number of anilines is 3. The number of para-hydroxylation sites is 1. The molecule has 50 heavy (non-hydrogen) atoms. The Morgan fingerprint density at radius 2 is 0.720 bits per heavy atom. The zero-order valence-electron chi connectivity index (χ0n) is 27.4. The third-order valence-corrected chi connectivity index (χ3v) is 9.51. The van der Waals surface area contributed by atoms with Gasteiger partial charge in [0.15, 0.2) is 0 Å². The Bertz CT molecular complexity index is 2450. The average Bonchev–Trinajstić information content (AvgIpc) is 3.58. The Balaban J connectivity index is 1.08. The van der Waals surface area contributed by atoms with Gasteiger partial charge in [0, 0.05) is 33.4 Å². The minimum atomic E-state index is 0.896. The molecular weight excluding hydrogens is 607 g/mol. The standard InChI is InChI=1S/C48H33NO/c1-4-11-34(12-5-1)36-19-26-41(27-20-36)49(42-28-21-37(22-29-42)35-13-6-2-7-14-35)43-30-23-38(24-31-43)40-25-32-47-46(33-40)45-18-10-17-44(48(45)50-47)39-15-8-3-9-16-39/h1-33H. The van der Waals surface area contributed by atoms with Crippen molar-refractivity contribution in [3.05, 3.63) is 200 Å². The lowest BCUT2D eigenvalue weighted by Crippen LogP contribution is -2.09. The first-order valence-corrected chi connectivity index (χ1v) is 17.0. The van der Waals surface area contributed by atoms with Crippen molar-refractivity contribution < 1.29 is 4.42 Å². The van der Waals surface area contributed by atoms with Crippen LogP contribution in [-0.2, 0) is 0 Å². The fourth-order valence-corrected chi connectivity index (χ4v) is 6.94. The van der Waals surface area contributed by atoms with Crippen molar-refractivity contribution in [2.45, 2.75) is 0 Å². The van der Waals surface area contributed by atoms with Crippen LogP contribution in [0.25, 0.3) is 66.4 Å². The van der Waals surface area contributed by atoms with E-state index in [9.17, 15) is 0 Å². The van der Waals surface area contributed by atoms with E-state index < -0.39 is 0 Å². The molecule has 0 unspecified atom stereocenters. The monoisotopic (exact) mass is 639 g/mol. The molecule has 0 atom stereocenters. The number of hydrogen-bond acceptors (Lipinski definition) is 2. The molecule has 2 heteroatoms. The van der Waals surface area contributed by atoms with E-state index in [1.807, 2.05) is 6.07 Å². The molecule has 9 aromatic rings. The summed E-state index contributed by atoms with van der Waals surface area (Å²) < 4.78 is 6.44. The Kier molecular flexibility index (Phi) is 7.53. The van der Waals surface area contributed by atoms with Gasteiger partial charge in [-0.3, -0.25) is 0 Å². The van der Waals surface area contributed by atoms with Gasteiger partial charge in [-0.05, 0) is 87.5 Å². The molecule has 0 saturated heterocycles. The summed E-state index contributed by atoms with van der Waals surface area (Å²) in [5.74, 6) is 0.